The van der Waals surface area contributed by atoms with E-state index >= 15 is 0 Å². The van der Waals surface area contributed by atoms with Crippen LogP contribution in [-0.4, -0.2) is 24.2 Å². The Hall–Kier alpha value is -1.06. The Labute approximate surface area is 151 Å². The second-order valence-corrected chi connectivity index (χ2v) is 5.71. The van der Waals surface area contributed by atoms with Gasteiger partial charge in [0.05, 0.1) is 19.4 Å². The van der Waals surface area contributed by atoms with Crippen molar-refractivity contribution in [3.8, 4) is 0 Å². The number of nitrogens with zero attached hydrogens (tertiary/aromatic N) is 1. The van der Waals surface area contributed by atoms with Crippen LogP contribution < -0.4 is 10.6 Å². The summed E-state index contributed by atoms with van der Waals surface area (Å²) in [5.74, 6) is 1.21. The number of aliphatic hydroxyl groups is 1. The lowest BCUT2D eigenvalue weighted by Crippen LogP contribution is -2.44. The van der Waals surface area contributed by atoms with Crippen molar-refractivity contribution < 1.29 is 9.52 Å². The van der Waals surface area contributed by atoms with E-state index in [1.807, 2.05) is 12.3 Å². The van der Waals surface area contributed by atoms with Gasteiger partial charge in [-0.2, -0.15) is 11.3 Å². The molecule has 7 heteroatoms. The molecule has 0 aliphatic heterocycles. The minimum absolute atomic E-state index is 0. The van der Waals surface area contributed by atoms with Crippen molar-refractivity contribution in [2.45, 2.75) is 26.0 Å². The Kier molecular flexibility index (Phi) is 7.91. The highest BCUT2D eigenvalue weighted by atomic mass is 127. The first-order valence-corrected chi connectivity index (χ1v) is 7.85. The number of furan rings is 1. The van der Waals surface area contributed by atoms with E-state index in [0.717, 1.165) is 6.54 Å². The van der Waals surface area contributed by atoms with Crippen LogP contribution in [0.4, 0.5) is 0 Å². The molecule has 0 fully saturated rings. The van der Waals surface area contributed by atoms with Gasteiger partial charge in [-0.05, 0) is 48.4 Å². The zero-order chi connectivity index (χ0) is 15.1. The fourth-order valence-electron chi connectivity index (χ4n) is 1.82. The molecule has 0 spiro atoms. The molecule has 1 atom stereocenters. The molecule has 3 N–H and O–H groups in total. The average Bonchev–Trinajstić information content (AvgIpc) is 3.14. The van der Waals surface area contributed by atoms with Gasteiger partial charge in [0.15, 0.2) is 5.96 Å². The molecular formula is C15H22IN3O2S. The van der Waals surface area contributed by atoms with Crippen LogP contribution in [0.25, 0.3) is 0 Å². The third kappa shape index (κ3) is 5.62. The smallest absolute Gasteiger partial charge is 0.191 e. The zero-order valence-electron chi connectivity index (χ0n) is 12.7. The van der Waals surface area contributed by atoms with Crippen LogP contribution in [-0.2, 0) is 12.1 Å². The van der Waals surface area contributed by atoms with Crippen molar-refractivity contribution in [3.63, 3.8) is 0 Å². The van der Waals surface area contributed by atoms with E-state index < -0.39 is 5.60 Å². The van der Waals surface area contributed by atoms with E-state index in [2.05, 4.69) is 27.1 Å². The molecular weight excluding hydrogens is 413 g/mol. The van der Waals surface area contributed by atoms with Gasteiger partial charge in [-0.1, -0.05) is 0 Å². The SMILES string of the molecule is CCNC(=NCc1ccsc1)NCC(C)(O)c1ccco1.I. The first-order chi connectivity index (χ1) is 10.1. The third-order valence-corrected chi connectivity index (χ3v) is 3.73. The zero-order valence-corrected chi connectivity index (χ0v) is 15.9. The van der Waals surface area contributed by atoms with Crippen molar-refractivity contribution in [3.05, 3.63) is 46.5 Å². The van der Waals surface area contributed by atoms with E-state index in [1.165, 1.54) is 5.56 Å². The highest BCUT2D eigenvalue weighted by Gasteiger charge is 2.26. The van der Waals surface area contributed by atoms with Crippen molar-refractivity contribution in [2.24, 2.45) is 4.99 Å². The number of rotatable bonds is 6. The molecule has 2 aromatic rings. The van der Waals surface area contributed by atoms with E-state index in [-0.39, 0.29) is 24.0 Å². The number of guanidine groups is 1. The summed E-state index contributed by atoms with van der Waals surface area (Å²) in [5.41, 5.74) is 0.0946. The van der Waals surface area contributed by atoms with Gasteiger partial charge in [0.25, 0.3) is 0 Å². The summed E-state index contributed by atoms with van der Waals surface area (Å²) in [7, 11) is 0. The van der Waals surface area contributed by atoms with Crippen LogP contribution in [0.3, 0.4) is 0 Å². The second-order valence-electron chi connectivity index (χ2n) is 4.93. The van der Waals surface area contributed by atoms with Crippen LogP contribution in [0.2, 0.25) is 0 Å². The minimum atomic E-state index is -1.08. The van der Waals surface area contributed by atoms with Gasteiger partial charge in [0, 0.05) is 6.54 Å². The van der Waals surface area contributed by atoms with Gasteiger partial charge >= 0.3 is 0 Å². The Bertz CT molecular complexity index is 553. The maximum atomic E-state index is 10.4. The third-order valence-electron chi connectivity index (χ3n) is 3.00. The highest BCUT2D eigenvalue weighted by molar-refractivity contribution is 14.0. The van der Waals surface area contributed by atoms with Crippen molar-refractivity contribution in [1.29, 1.82) is 0 Å². The molecule has 0 aliphatic carbocycles. The molecule has 0 radical (unpaired) electrons. The summed E-state index contributed by atoms with van der Waals surface area (Å²) in [6.07, 6.45) is 1.56. The molecule has 2 aromatic heterocycles. The van der Waals surface area contributed by atoms with Crippen molar-refractivity contribution in [2.75, 3.05) is 13.1 Å². The van der Waals surface area contributed by atoms with Gasteiger partial charge in [-0.25, -0.2) is 4.99 Å². The second kappa shape index (κ2) is 9.16. The van der Waals surface area contributed by atoms with Gasteiger partial charge in [-0.3, -0.25) is 0 Å². The molecule has 0 amide bonds. The lowest BCUT2D eigenvalue weighted by atomic mass is 10.0. The lowest BCUT2D eigenvalue weighted by Gasteiger charge is -2.22. The molecule has 0 bridgehead atoms. The van der Waals surface area contributed by atoms with Crippen LogP contribution in [0.1, 0.15) is 25.2 Å². The summed E-state index contributed by atoms with van der Waals surface area (Å²) in [4.78, 5) is 4.50. The Morgan fingerprint density at radius 1 is 1.41 bits per heavy atom. The van der Waals surface area contributed by atoms with Crippen LogP contribution in [0.15, 0.2) is 44.6 Å². The van der Waals surface area contributed by atoms with Crippen LogP contribution in [0, 0.1) is 0 Å². The quantitative estimate of drug-likeness (QED) is 0.371. The monoisotopic (exact) mass is 435 g/mol. The van der Waals surface area contributed by atoms with Crippen molar-refractivity contribution in [1.82, 2.24) is 10.6 Å². The van der Waals surface area contributed by atoms with Gasteiger partial charge in [0.2, 0.25) is 0 Å². The first-order valence-electron chi connectivity index (χ1n) is 6.91. The molecule has 22 heavy (non-hydrogen) atoms. The van der Waals surface area contributed by atoms with Gasteiger partial charge in [-0.15, -0.1) is 24.0 Å². The lowest BCUT2D eigenvalue weighted by molar-refractivity contribution is 0.0386. The predicted octanol–water partition coefficient (Wildman–Crippen LogP) is 2.92. The molecule has 2 rings (SSSR count). The summed E-state index contributed by atoms with van der Waals surface area (Å²) < 4.78 is 5.26. The predicted molar refractivity (Wildman–Crippen MR) is 101 cm³/mol. The van der Waals surface area contributed by atoms with E-state index in [4.69, 9.17) is 4.42 Å². The summed E-state index contributed by atoms with van der Waals surface area (Å²) in [6.45, 7) is 5.41. The molecule has 0 saturated carbocycles. The van der Waals surface area contributed by atoms with Gasteiger partial charge in [0.1, 0.15) is 11.4 Å². The molecule has 0 saturated heterocycles. The molecule has 5 nitrogen and oxygen atoms in total. The molecule has 122 valence electrons. The number of hydrogen-bond acceptors (Lipinski definition) is 4. The van der Waals surface area contributed by atoms with Crippen LogP contribution in [0.5, 0.6) is 0 Å². The highest BCUT2D eigenvalue weighted by Crippen LogP contribution is 2.19. The Balaban J connectivity index is 0.00000242. The Morgan fingerprint density at radius 2 is 2.23 bits per heavy atom. The number of nitrogens with one attached hydrogen (secondary N) is 2. The number of hydrogen-bond donors (Lipinski definition) is 3. The normalized spacial score (nSPS) is 14.0. The number of aliphatic imine (C=N–C) groups is 1. The minimum Gasteiger partial charge on any atom is -0.466 e. The van der Waals surface area contributed by atoms with E-state index in [0.29, 0.717) is 24.8 Å². The van der Waals surface area contributed by atoms with Crippen molar-refractivity contribution >= 4 is 41.3 Å². The molecule has 0 aliphatic rings. The molecule has 1 unspecified atom stereocenters. The Morgan fingerprint density at radius 3 is 2.82 bits per heavy atom. The largest absolute Gasteiger partial charge is 0.466 e. The van der Waals surface area contributed by atoms with E-state index in [1.54, 1.807) is 36.7 Å². The topological polar surface area (TPSA) is 69.8 Å². The average molecular weight is 435 g/mol. The molecule has 0 aromatic carbocycles. The van der Waals surface area contributed by atoms with E-state index in [9.17, 15) is 5.11 Å². The first kappa shape index (κ1) is 19.0. The maximum absolute atomic E-state index is 10.4. The van der Waals surface area contributed by atoms with Crippen LogP contribution >= 0.6 is 35.3 Å². The molecule has 2 heterocycles. The summed E-state index contributed by atoms with van der Waals surface area (Å²) >= 11 is 1.66. The number of thiophene rings is 1. The summed E-state index contributed by atoms with van der Waals surface area (Å²) in [5, 5.41) is 20.8. The summed E-state index contributed by atoms with van der Waals surface area (Å²) in [6, 6.07) is 5.58. The fraction of sp³-hybridized carbons (Fsp3) is 0.400. The maximum Gasteiger partial charge on any atom is 0.191 e. The standard InChI is InChI=1S/C15H21N3O2S.HI/c1-3-16-14(17-9-12-6-8-21-10-12)18-11-15(2,19)13-5-4-7-20-13;/h4-8,10,19H,3,9,11H2,1-2H3,(H2,16,17,18);1H. The number of halogens is 1. The van der Waals surface area contributed by atoms with Gasteiger partial charge < -0.3 is 20.2 Å². The fourth-order valence-corrected chi connectivity index (χ4v) is 2.48.